The van der Waals surface area contributed by atoms with E-state index >= 15 is 0 Å². The molecule has 0 bridgehead atoms. The third-order valence-electron chi connectivity index (χ3n) is 2.53. The molecule has 0 amide bonds. The highest BCUT2D eigenvalue weighted by molar-refractivity contribution is 6.34. The molecule has 1 unspecified atom stereocenters. The van der Waals surface area contributed by atoms with E-state index < -0.39 is 0 Å². The van der Waals surface area contributed by atoms with E-state index in [9.17, 15) is 0 Å². The van der Waals surface area contributed by atoms with Gasteiger partial charge >= 0.3 is 0 Å². The van der Waals surface area contributed by atoms with Crippen LogP contribution in [-0.2, 0) is 4.74 Å². The molecule has 0 radical (unpaired) electrons. The first-order valence-electron chi connectivity index (χ1n) is 5.75. The summed E-state index contributed by atoms with van der Waals surface area (Å²) >= 11 is 6.19. The molecule has 1 atom stereocenters. The number of nitrogens with zero attached hydrogens (tertiary/aromatic N) is 1. The zero-order valence-corrected chi connectivity index (χ0v) is 11.7. The van der Waals surface area contributed by atoms with E-state index in [1.54, 1.807) is 7.11 Å². The summed E-state index contributed by atoms with van der Waals surface area (Å²) in [6.07, 6.45) is 0. The van der Waals surface area contributed by atoms with Crippen LogP contribution in [0, 0.1) is 5.92 Å². The molecule has 0 fully saturated rings. The average Bonchev–Trinajstić information content (AvgIpc) is 2.26. The lowest BCUT2D eigenvalue weighted by Crippen LogP contribution is -2.18. The minimum absolute atomic E-state index is 0.467. The predicted molar refractivity (Wildman–Crippen MR) is 75.3 cm³/mol. The van der Waals surface area contributed by atoms with E-state index in [4.69, 9.17) is 16.3 Å². The molecular formula is C13H21ClN2O. The number of rotatable bonds is 6. The molecular weight excluding hydrogens is 236 g/mol. The molecule has 0 spiro atoms. The van der Waals surface area contributed by atoms with Crippen molar-refractivity contribution in [2.24, 2.45) is 5.92 Å². The number of anilines is 2. The van der Waals surface area contributed by atoms with Crippen molar-refractivity contribution in [1.29, 1.82) is 0 Å². The Morgan fingerprint density at radius 3 is 2.71 bits per heavy atom. The van der Waals surface area contributed by atoms with Crippen molar-refractivity contribution in [1.82, 2.24) is 0 Å². The maximum Gasteiger partial charge on any atom is 0.0786 e. The zero-order chi connectivity index (χ0) is 12.8. The Morgan fingerprint density at radius 1 is 1.41 bits per heavy atom. The molecule has 0 heterocycles. The SMILES string of the molecule is COCC(C)CNc1cccc(Cl)c1N(C)C. The predicted octanol–water partition coefficient (Wildman–Crippen LogP) is 3.10. The number of hydrogen-bond donors (Lipinski definition) is 1. The quantitative estimate of drug-likeness (QED) is 0.847. The normalized spacial score (nSPS) is 12.3. The lowest BCUT2D eigenvalue weighted by Gasteiger charge is -2.21. The van der Waals surface area contributed by atoms with Gasteiger partial charge in [-0.25, -0.2) is 0 Å². The Kier molecular flexibility index (Phi) is 5.59. The van der Waals surface area contributed by atoms with Gasteiger partial charge in [-0.05, 0) is 18.1 Å². The standard InChI is InChI=1S/C13H21ClN2O/c1-10(9-17-4)8-15-12-7-5-6-11(14)13(12)16(2)3/h5-7,10,15H,8-9H2,1-4H3. The Balaban J connectivity index is 2.73. The smallest absolute Gasteiger partial charge is 0.0786 e. The highest BCUT2D eigenvalue weighted by Gasteiger charge is 2.09. The van der Waals surface area contributed by atoms with Gasteiger partial charge in [-0.3, -0.25) is 0 Å². The van der Waals surface area contributed by atoms with Gasteiger partial charge in [0.25, 0.3) is 0 Å². The molecule has 96 valence electrons. The number of benzene rings is 1. The Labute approximate surface area is 109 Å². The molecule has 0 aromatic heterocycles. The van der Waals surface area contributed by atoms with Crippen LogP contribution in [0.4, 0.5) is 11.4 Å². The minimum atomic E-state index is 0.467. The second-order valence-corrected chi connectivity index (χ2v) is 4.88. The fourth-order valence-electron chi connectivity index (χ4n) is 1.74. The van der Waals surface area contributed by atoms with Gasteiger partial charge in [-0.1, -0.05) is 24.6 Å². The number of ether oxygens (including phenoxy) is 1. The third-order valence-corrected chi connectivity index (χ3v) is 2.83. The van der Waals surface area contributed by atoms with Crippen LogP contribution in [0.2, 0.25) is 5.02 Å². The van der Waals surface area contributed by atoms with Crippen LogP contribution >= 0.6 is 11.6 Å². The van der Waals surface area contributed by atoms with Crippen LogP contribution in [-0.4, -0.2) is 34.4 Å². The van der Waals surface area contributed by atoms with Crippen molar-refractivity contribution in [3.05, 3.63) is 23.2 Å². The molecule has 1 aromatic carbocycles. The van der Waals surface area contributed by atoms with Crippen molar-refractivity contribution in [3.8, 4) is 0 Å². The topological polar surface area (TPSA) is 24.5 Å². The number of methoxy groups -OCH3 is 1. The Morgan fingerprint density at radius 2 is 2.12 bits per heavy atom. The summed E-state index contributed by atoms with van der Waals surface area (Å²) in [7, 11) is 5.71. The first-order valence-corrected chi connectivity index (χ1v) is 6.12. The summed E-state index contributed by atoms with van der Waals surface area (Å²) in [4.78, 5) is 2.02. The lowest BCUT2D eigenvalue weighted by molar-refractivity contribution is 0.164. The minimum Gasteiger partial charge on any atom is -0.384 e. The van der Waals surface area contributed by atoms with Gasteiger partial charge < -0.3 is 15.0 Å². The molecule has 1 N–H and O–H groups in total. The van der Waals surface area contributed by atoms with Crippen LogP contribution in [0.3, 0.4) is 0 Å². The van der Waals surface area contributed by atoms with Gasteiger partial charge in [0.05, 0.1) is 23.0 Å². The molecule has 0 aliphatic carbocycles. The second kappa shape index (κ2) is 6.72. The summed E-state index contributed by atoms with van der Waals surface area (Å²) in [5, 5.41) is 4.18. The molecule has 0 aliphatic heterocycles. The summed E-state index contributed by atoms with van der Waals surface area (Å²) < 4.78 is 5.12. The largest absolute Gasteiger partial charge is 0.384 e. The average molecular weight is 257 g/mol. The molecule has 1 aromatic rings. The molecule has 0 saturated heterocycles. The highest BCUT2D eigenvalue weighted by atomic mass is 35.5. The third kappa shape index (κ3) is 4.10. The van der Waals surface area contributed by atoms with Gasteiger partial charge in [0.1, 0.15) is 0 Å². The van der Waals surface area contributed by atoms with Crippen molar-refractivity contribution < 1.29 is 4.74 Å². The van der Waals surface area contributed by atoms with Crippen molar-refractivity contribution in [3.63, 3.8) is 0 Å². The molecule has 4 heteroatoms. The van der Waals surface area contributed by atoms with Gasteiger partial charge in [0.15, 0.2) is 0 Å². The summed E-state index contributed by atoms with van der Waals surface area (Å²) in [6, 6.07) is 5.90. The van der Waals surface area contributed by atoms with Gasteiger partial charge in [0.2, 0.25) is 0 Å². The van der Waals surface area contributed by atoms with Crippen LogP contribution in [0.25, 0.3) is 0 Å². The van der Waals surface area contributed by atoms with E-state index in [2.05, 4.69) is 12.2 Å². The van der Waals surface area contributed by atoms with Crippen LogP contribution in [0.5, 0.6) is 0 Å². The maximum absolute atomic E-state index is 6.19. The summed E-state index contributed by atoms with van der Waals surface area (Å²) in [6.45, 7) is 3.77. The van der Waals surface area contributed by atoms with Crippen molar-refractivity contribution in [2.45, 2.75) is 6.92 Å². The summed E-state index contributed by atoms with van der Waals surface area (Å²) in [5.41, 5.74) is 2.09. The lowest BCUT2D eigenvalue weighted by atomic mass is 10.2. The molecule has 0 saturated carbocycles. The van der Waals surface area contributed by atoms with Crippen LogP contribution < -0.4 is 10.2 Å². The van der Waals surface area contributed by atoms with Gasteiger partial charge in [-0.2, -0.15) is 0 Å². The van der Waals surface area contributed by atoms with E-state index in [1.165, 1.54) is 0 Å². The summed E-state index contributed by atoms with van der Waals surface area (Å²) in [5.74, 6) is 0.467. The number of halogens is 1. The zero-order valence-electron chi connectivity index (χ0n) is 11.0. The second-order valence-electron chi connectivity index (χ2n) is 4.47. The monoisotopic (exact) mass is 256 g/mol. The Bertz CT molecular complexity index is 355. The Hall–Kier alpha value is -0.930. The van der Waals surface area contributed by atoms with Crippen molar-refractivity contribution >= 4 is 23.0 Å². The van der Waals surface area contributed by atoms with E-state index in [-0.39, 0.29) is 0 Å². The molecule has 3 nitrogen and oxygen atoms in total. The molecule has 0 aliphatic rings. The highest BCUT2D eigenvalue weighted by Crippen LogP contribution is 2.32. The van der Waals surface area contributed by atoms with Crippen LogP contribution in [0.15, 0.2) is 18.2 Å². The maximum atomic E-state index is 6.19. The van der Waals surface area contributed by atoms with Gasteiger partial charge in [-0.15, -0.1) is 0 Å². The molecule has 17 heavy (non-hydrogen) atoms. The number of hydrogen-bond acceptors (Lipinski definition) is 3. The van der Waals surface area contributed by atoms with E-state index in [0.717, 1.165) is 29.5 Å². The number of nitrogens with one attached hydrogen (secondary N) is 1. The van der Waals surface area contributed by atoms with Crippen LogP contribution in [0.1, 0.15) is 6.92 Å². The van der Waals surface area contributed by atoms with Gasteiger partial charge in [0, 0.05) is 27.7 Å². The number of para-hydroxylation sites is 1. The van der Waals surface area contributed by atoms with Crippen molar-refractivity contribution in [2.75, 3.05) is 44.6 Å². The van der Waals surface area contributed by atoms with E-state index in [0.29, 0.717) is 5.92 Å². The first kappa shape index (κ1) is 14.1. The fraction of sp³-hybridized carbons (Fsp3) is 0.538. The fourth-order valence-corrected chi connectivity index (χ4v) is 2.08. The van der Waals surface area contributed by atoms with E-state index in [1.807, 2.05) is 37.2 Å². The molecule has 1 rings (SSSR count). The first-order chi connectivity index (χ1) is 8.06.